The van der Waals surface area contributed by atoms with Crippen LogP contribution in [0.1, 0.15) is 22.7 Å². The molecule has 0 radical (unpaired) electrons. The summed E-state index contributed by atoms with van der Waals surface area (Å²) in [5.74, 6) is -1.37. The largest absolute Gasteiger partial charge is 0.419 e. The molecule has 0 saturated heterocycles. The van der Waals surface area contributed by atoms with Crippen LogP contribution in [-0.4, -0.2) is 0 Å². The average molecular weight is 338 g/mol. The average Bonchev–Trinajstić information content (AvgIpc) is 2.35. The third-order valence-electron chi connectivity index (χ3n) is 2.90. The minimum atomic E-state index is -4.74. The van der Waals surface area contributed by atoms with Crippen molar-refractivity contribution in [1.82, 2.24) is 0 Å². The fraction of sp³-hybridized carbons (Fsp3) is 0.143. The number of alkyl halides is 3. The predicted molar refractivity (Wildman–Crippen MR) is 73.9 cm³/mol. The van der Waals surface area contributed by atoms with Crippen LogP contribution in [0, 0.1) is 5.82 Å². The molecule has 1 atom stereocenters. The van der Waals surface area contributed by atoms with E-state index in [1.807, 2.05) is 0 Å². The summed E-state index contributed by atoms with van der Waals surface area (Å²) >= 11 is 11.7. The number of rotatable bonds is 2. The Morgan fingerprint density at radius 1 is 0.905 bits per heavy atom. The molecular formula is C14H9Cl2F4N. The molecule has 2 aromatic carbocycles. The molecule has 0 amide bonds. The molecule has 0 heterocycles. The second-order valence-corrected chi connectivity index (χ2v) is 5.29. The van der Waals surface area contributed by atoms with Crippen molar-refractivity contribution in [2.45, 2.75) is 12.2 Å². The zero-order chi connectivity index (χ0) is 15.8. The van der Waals surface area contributed by atoms with Crippen LogP contribution in [0.2, 0.25) is 10.0 Å². The van der Waals surface area contributed by atoms with E-state index in [1.165, 1.54) is 18.2 Å². The summed E-state index contributed by atoms with van der Waals surface area (Å²) in [4.78, 5) is 0. The predicted octanol–water partition coefficient (Wildman–Crippen LogP) is 5.20. The number of benzene rings is 2. The Labute approximate surface area is 128 Å². The monoisotopic (exact) mass is 337 g/mol. The van der Waals surface area contributed by atoms with Crippen molar-refractivity contribution in [1.29, 1.82) is 0 Å². The van der Waals surface area contributed by atoms with Gasteiger partial charge in [-0.15, -0.1) is 0 Å². The highest BCUT2D eigenvalue weighted by Gasteiger charge is 2.34. The molecule has 21 heavy (non-hydrogen) atoms. The SMILES string of the molecule is NC(c1cc(Cl)cc(Cl)c1)c1ccc(C(F)(F)F)c(F)c1. The molecule has 7 heteroatoms. The molecular weight excluding hydrogens is 329 g/mol. The van der Waals surface area contributed by atoms with Crippen LogP contribution in [-0.2, 0) is 6.18 Å². The first-order valence-corrected chi connectivity index (χ1v) is 6.52. The van der Waals surface area contributed by atoms with Gasteiger partial charge < -0.3 is 5.73 Å². The molecule has 0 aliphatic heterocycles. The maximum Gasteiger partial charge on any atom is 0.419 e. The molecule has 0 spiro atoms. The summed E-state index contributed by atoms with van der Waals surface area (Å²) in [6.07, 6.45) is -4.74. The van der Waals surface area contributed by atoms with Crippen molar-refractivity contribution in [2.24, 2.45) is 5.73 Å². The summed E-state index contributed by atoms with van der Waals surface area (Å²) in [5, 5.41) is 0.667. The lowest BCUT2D eigenvalue weighted by Gasteiger charge is -2.15. The van der Waals surface area contributed by atoms with Gasteiger partial charge in [0.1, 0.15) is 5.82 Å². The van der Waals surface area contributed by atoms with Crippen LogP contribution in [0.5, 0.6) is 0 Å². The Hall–Kier alpha value is -1.30. The highest BCUT2D eigenvalue weighted by molar-refractivity contribution is 6.34. The standard InChI is InChI=1S/C14H9Cl2F4N/c15-9-3-8(4-10(16)6-9)13(21)7-1-2-11(12(17)5-7)14(18,19)20/h1-6,13H,21H2. The van der Waals surface area contributed by atoms with Crippen molar-refractivity contribution in [3.8, 4) is 0 Å². The van der Waals surface area contributed by atoms with Crippen LogP contribution in [0.25, 0.3) is 0 Å². The topological polar surface area (TPSA) is 26.0 Å². The van der Waals surface area contributed by atoms with E-state index in [-0.39, 0.29) is 5.56 Å². The van der Waals surface area contributed by atoms with E-state index in [0.29, 0.717) is 21.7 Å². The van der Waals surface area contributed by atoms with Crippen LogP contribution in [0.15, 0.2) is 36.4 Å². The molecule has 1 unspecified atom stereocenters. The third kappa shape index (κ3) is 3.67. The highest BCUT2D eigenvalue weighted by Crippen LogP contribution is 2.33. The van der Waals surface area contributed by atoms with E-state index in [9.17, 15) is 17.6 Å². The number of nitrogens with two attached hydrogens (primary N) is 1. The minimum absolute atomic E-state index is 0.193. The van der Waals surface area contributed by atoms with Crippen molar-refractivity contribution in [2.75, 3.05) is 0 Å². The molecule has 112 valence electrons. The van der Waals surface area contributed by atoms with Gasteiger partial charge in [-0.3, -0.25) is 0 Å². The molecule has 0 saturated carbocycles. The van der Waals surface area contributed by atoms with Gasteiger partial charge in [0, 0.05) is 10.0 Å². The van der Waals surface area contributed by atoms with Crippen molar-refractivity contribution < 1.29 is 17.6 Å². The van der Waals surface area contributed by atoms with Crippen molar-refractivity contribution in [3.05, 3.63) is 69.0 Å². The zero-order valence-corrected chi connectivity index (χ0v) is 11.9. The van der Waals surface area contributed by atoms with Gasteiger partial charge in [-0.25, -0.2) is 4.39 Å². The summed E-state index contributed by atoms with van der Waals surface area (Å²) < 4.78 is 51.1. The molecule has 0 bridgehead atoms. The quantitative estimate of drug-likeness (QED) is 0.749. The van der Waals surface area contributed by atoms with E-state index in [4.69, 9.17) is 28.9 Å². The van der Waals surface area contributed by atoms with E-state index < -0.39 is 23.6 Å². The first-order valence-electron chi connectivity index (χ1n) is 5.76. The Kier molecular flexibility index (Phi) is 4.46. The van der Waals surface area contributed by atoms with Gasteiger partial charge in [0.05, 0.1) is 11.6 Å². The molecule has 0 aliphatic carbocycles. The maximum atomic E-state index is 13.6. The van der Waals surface area contributed by atoms with E-state index in [1.54, 1.807) is 0 Å². The Balaban J connectivity index is 2.40. The first-order chi connectivity index (χ1) is 9.68. The zero-order valence-electron chi connectivity index (χ0n) is 10.4. The third-order valence-corrected chi connectivity index (χ3v) is 3.34. The lowest BCUT2D eigenvalue weighted by molar-refractivity contribution is -0.140. The highest BCUT2D eigenvalue weighted by atomic mass is 35.5. The maximum absolute atomic E-state index is 13.6. The smallest absolute Gasteiger partial charge is 0.320 e. The lowest BCUT2D eigenvalue weighted by atomic mass is 9.98. The Morgan fingerprint density at radius 3 is 1.95 bits per heavy atom. The van der Waals surface area contributed by atoms with Crippen LogP contribution >= 0.6 is 23.2 Å². The molecule has 0 aromatic heterocycles. The minimum Gasteiger partial charge on any atom is -0.320 e. The van der Waals surface area contributed by atoms with Gasteiger partial charge in [0.2, 0.25) is 0 Å². The second-order valence-electron chi connectivity index (χ2n) is 4.42. The lowest BCUT2D eigenvalue weighted by Crippen LogP contribution is -2.14. The number of hydrogen-bond donors (Lipinski definition) is 1. The van der Waals surface area contributed by atoms with Crippen LogP contribution in [0.3, 0.4) is 0 Å². The van der Waals surface area contributed by atoms with Gasteiger partial charge in [0.25, 0.3) is 0 Å². The van der Waals surface area contributed by atoms with Gasteiger partial charge >= 0.3 is 6.18 Å². The molecule has 0 aliphatic rings. The Bertz CT molecular complexity index is 650. The van der Waals surface area contributed by atoms with E-state index in [2.05, 4.69) is 0 Å². The summed E-state index contributed by atoms with van der Waals surface area (Å²) in [7, 11) is 0. The molecule has 0 fully saturated rings. The number of hydrogen-bond acceptors (Lipinski definition) is 1. The normalized spacial score (nSPS) is 13.3. The van der Waals surface area contributed by atoms with Gasteiger partial charge in [0.15, 0.2) is 0 Å². The summed E-state index contributed by atoms with van der Waals surface area (Å²) in [6, 6.07) is 6.26. The van der Waals surface area contributed by atoms with Gasteiger partial charge in [-0.1, -0.05) is 29.3 Å². The van der Waals surface area contributed by atoms with Crippen molar-refractivity contribution >= 4 is 23.2 Å². The van der Waals surface area contributed by atoms with Crippen molar-refractivity contribution in [3.63, 3.8) is 0 Å². The Morgan fingerprint density at radius 2 is 1.48 bits per heavy atom. The molecule has 2 rings (SSSR count). The second kappa shape index (κ2) is 5.83. The molecule has 2 N–H and O–H groups in total. The van der Waals surface area contributed by atoms with Crippen LogP contribution in [0.4, 0.5) is 17.6 Å². The van der Waals surface area contributed by atoms with Gasteiger partial charge in [-0.2, -0.15) is 13.2 Å². The fourth-order valence-corrected chi connectivity index (χ4v) is 2.44. The summed E-state index contributed by atoms with van der Waals surface area (Å²) in [6.45, 7) is 0. The molecule has 1 nitrogen and oxygen atoms in total. The summed E-state index contributed by atoms with van der Waals surface area (Å²) in [5.41, 5.74) is 5.26. The fourth-order valence-electron chi connectivity index (χ4n) is 1.90. The van der Waals surface area contributed by atoms with E-state index in [0.717, 1.165) is 12.1 Å². The van der Waals surface area contributed by atoms with E-state index >= 15 is 0 Å². The van der Waals surface area contributed by atoms with Gasteiger partial charge in [-0.05, 0) is 41.5 Å². The first kappa shape index (κ1) is 16.1. The van der Waals surface area contributed by atoms with Crippen LogP contribution < -0.4 is 5.73 Å². The number of halogens is 6. The molecule has 2 aromatic rings.